The number of benzene rings is 3. The number of rotatable bonds is 4. The topological polar surface area (TPSA) is 97.8 Å². The van der Waals surface area contributed by atoms with Gasteiger partial charge in [-0.2, -0.15) is 0 Å². The molecule has 0 saturated carbocycles. The number of Topliss-reactive ketones (excluding diaryl/α,β-unsaturated/α-hetero) is 1. The normalized spacial score (nSPS) is 19.7. The molecule has 0 aliphatic carbocycles. The Hall–Kier alpha value is -4.66. The van der Waals surface area contributed by atoms with Crippen LogP contribution >= 0.6 is 0 Å². The van der Waals surface area contributed by atoms with E-state index in [0.29, 0.717) is 66.2 Å². The van der Waals surface area contributed by atoms with Crippen LogP contribution in [0.5, 0.6) is 23.0 Å². The molecule has 9 nitrogen and oxygen atoms in total. The Bertz CT molecular complexity index is 1480. The van der Waals surface area contributed by atoms with Crippen LogP contribution in [0.2, 0.25) is 0 Å². The molecular formula is C29H26N2O7. The summed E-state index contributed by atoms with van der Waals surface area (Å²) in [7, 11) is 3.48. The van der Waals surface area contributed by atoms with Gasteiger partial charge in [-0.05, 0) is 48.0 Å². The van der Waals surface area contributed by atoms with Crippen LogP contribution in [0.15, 0.2) is 66.2 Å². The second-order valence-electron chi connectivity index (χ2n) is 9.23. The van der Waals surface area contributed by atoms with Gasteiger partial charge in [0.1, 0.15) is 37.1 Å². The van der Waals surface area contributed by atoms with Crippen molar-refractivity contribution in [3.8, 4) is 23.0 Å². The number of aliphatic hydroxyl groups excluding tert-OH is 1. The molecule has 1 amide bonds. The first-order chi connectivity index (χ1) is 18.5. The van der Waals surface area contributed by atoms with Crippen LogP contribution in [0.25, 0.3) is 5.76 Å². The number of likely N-dealkylation sites (N-methyl/N-ethyl adjacent to an activating group) is 1. The number of anilines is 2. The number of aliphatic hydroxyl groups is 1. The second kappa shape index (κ2) is 9.33. The first-order valence-electron chi connectivity index (χ1n) is 12.3. The van der Waals surface area contributed by atoms with Gasteiger partial charge in [0.25, 0.3) is 11.7 Å². The first kappa shape index (κ1) is 23.7. The molecule has 0 bridgehead atoms. The summed E-state index contributed by atoms with van der Waals surface area (Å²) < 4.78 is 22.5. The maximum atomic E-state index is 13.6. The Morgan fingerprint density at radius 2 is 1.68 bits per heavy atom. The molecule has 0 radical (unpaired) electrons. The smallest absolute Gasteiger partial charge is 0.300 e. The summed E-state index contributed by atoms with van der Waals surface area (Å²) in [5.74, 6) is 0.492. The van der Waals surface area contributed by atoms with Crippen LogP contribution in [-0.2, 0) is 9.59 Å². The molecule has 0 spiro atoms. The van der Waals surface area contributed by atoms with E-state index in [9.17, 15) is 14.7 Å². The van der Waals surface area contributed by atoms with Crippen LogP contribution in [0.4, 0.5) is 11.4 Å². The van der Waals surface area contributed by atoms with E-state index in [1.165, 1.54) is 4.90 Å². The molecule has 9 heteroatoms. The highest BCUT2D eigenvalue weighted by Gasteiger charge is 2.47. The lowest BCUT2D eigenvalue weighted by Crippen LogP contribution is -2.29. The van der Waals surface area contributed by atoms with Crippen LogP contribution in [0.1, 0.15) is 17.2 Å². The van der Waals surface area contributed by atoms with E-state index in [0.717, 1.165) is 5.69 Å². The largest absolute Gasteiger partial charge is 0.507 e. The number of nitrogens with zero attached hydrogens (tertiary/aromatic N) is 2. The Kier molecular flexibility index (Phi) is 5.83. The van der Waals surface area contributed by atoms with Gasteiger partial charge in [-0.3, -0.25) is 14.5 Å². The third kappa shape index (κ3) is 3.87. The molecule has 1 fully saturated rings. The van der Waals surface area contributed by atoms with E-state index >= 15 is 0 Å². The number of carbonyl (C=O) groups excluding carboxylic acids is 2. The van der Waals surface area contributed by atoms with Gasteiger partial charge in [0.2, 0.25) is 0 Å². The summed E-state index contributed by atoms with van der Waals surface area (Å²) in [6.45, 7) is 2.06. The molecule has 3 aromatic rings. The second-order valence-corrected chi connectivity index (χ2v) is 9.23. The molecule has 1 N–H and O–H groups in total. The number of fused-ring (bicyclic) bond motifs is 2. The van der Waals surface area contributed by atoms with E-state index in [2.05, 4.69) is 0 Å². The lowest BCUT2D eigenvalue weighted by molar-refractivity contribution is -0.132. The van der Waals surface area contributed by atoms with Crippen LogP contribution < -0.4 is 28.7 Å². The Labute approximate surface area is 219 Å². The fourth-order valence-electron chi connectivity index (χ4n) is 5.06. The number of hydrogen-bond donors (Lipinski definition) is 1. The Morgan fingerprint density at radius 3 is 2.50 bits per heavy atom. The minimum Gasteiger partial charge on any atom is -0.507 e. The Balaban J connectivity index is 1.52. The highest BCUT2D eigenvalue weighted by Crippen LogP contribution is 2.45. The molecule has 3 aromatic carbocycles. The summed E-state index contributed by atoms with van der Waals surface area (Å²) >= 11 is 0. The standard InChI is InChI=1S/C29H26N2O7/c1-30-10-11-36-22-8-6-18(15-21(22)30)27(32)25-26(17-4-3-5-20(14-17)35-2)31(29(34)28(25)33)19-7-9-23-24(16-19)38-13-12-37-23/h3-9,14-16,26,32H,10-13H2,1-2H3/b27-25-. The zero-order valence-corrected chi connectivity index (χ0v) is 21.0. The molecule has 194 valence electrons. The van der Waals surface area contributed by atoms with E-state index in [1.54, 1.807) is 67.8 Å². The van der Waals surface area contributed by atoms with Crippen molar-refractivity contribution in [3.05, 3.63) is 77.4 Å². The van der Waals surface area contributed by atoms with Gasteiger partial charge in [-0.25, -0.2) is 0 Å². The van der Waals surface area contributed by atoms with Crippen molar-refractivity contribution in [1.29, 1.82) is 0 Å². The molecule has 0 aromatic heterocycles. The molecule has 6 rings (SSSR count). The minimum atomic E-state index is -0.905. The molecule has 3 aliphatic heterocycles. The highest BCUT2D eigenvalue weighted by molar-refractivity contribution is 6.51. The fourth-order valence-corrected chi connectivity index (χ4v) is 5.06. The van der Waals surface area contributed by atoms with Crippen molar-refractivity contribution in [3.63, 3.8) is 0 Å². The van der Waals surface area contributed by atoms with Crippen molar-refractivity contribution >= 4 is 28.8 Å². The number of methoxy groups -OCH3 is 1. The molecule has 3 heterocycles. The van der Waals surface area contributed by atoms with Crippen LogP contribution in [0.3, 0.4) is 0 Å². The van der Waals surface area contributed by atoms with Gasteiger partial charge >= 0.3 is 0 Å². The maximum absolute atomic E-state index is 13.6. The molecule has 1 unspecified atom stereocenters. The van der Waals surface area contributed by atoms with E-state index < -0.39 is 17.7 Å². The fraction of sp³-hybridized carbons (Fsp3) is 0.241. The summed E-state index contributed by atoms with van der Waals surface area (Å²) in [6.07, 6.45) is 0. The zero-order valence-electron chi connectivity index (χ0n) is 21.0. The average molecular weight is 515 g/mol. The molecular weight excluding hydrogens is 488 g/mol. The number of carbonyl (C=O) groups is 2. The van der Waals surface area contributed by atoms with Gasteiger partial charge in [0.15, 0.2) is 11.5 Å². The van der Waals surface area contributed by atoms with Crippen molar-refractivity contribution in [2.24, 2.45) is 0 Å². The van der Waals surface area contributed by atoms with Crippen LogP contribution in [0, 0.1) is 0 Å². The SMILES string of the molecule is COc1cccc(C2/C(=C(/O)c3ccc4c(c3)N(C)CCO4)C(=O)C(=O)N2c2ccc3c(c2)OCCO3)c1. The minimum absolute atomic E-state index is 0.0162. The lowest BCUT2D eigenvalue weighted by atomic mass is 9.94. The van der Waals surface area contributed by atoms with E-state index in [4.69, 9.17) is 18.9 Å². The summed E-state index contributed by atoms with van der Waals surface area (Å²) in [5, 5.41) is 11.6. The monoisotopic (exact) mass is 514 g/mol. The van der Waals surface area contributed by atoms with Crippen molar-refractivity contribution < 1.29 is 33.6 Å². The van der Waals surface area contributed by atoms with Crippen LogP contribution in [-0.4, -0.2) is 57.3 Å². The maximum Gasteiger partial charge on any atom is 0.300 e. The zero-order chi connectivity index (χ0) is 26.4. The summed E-state index contributed by atoms with van der Waals surface area (Å²) in [4.78, 5) is 30.5. The number of ketones is 1. The van der Waals surface area contributed by atoms with Crippen molar-refractivity contribution in [1.82, 2.24) is 0 Å². The lowest BCUT2D eigenvalue weighted by Gasteiger charge is -2.28. The highest BCUT2D eigenvalue weighted by atomic mass is 16.6. The quantitative estimate of drug-likeness (QED) is 0.318. The summed E-state index contributed by atoms with van der Waals surface area (Å²) in [5.41, 5.74) is 2.24. The Morgan fingerprint density at radius 1 is 0.921 bits per heavy atom. The van der Waals surface area contributed by atoms with Gasteiger partial charge in [-0.1, -0.05) is 12.1 Å². The molecule has 1 saturated heterocycles. The molecule has 38 heavy (non-hydrogen) atoms. The predicted molar refractivity (Wildman–Crippen MR) is 140 cm³/mol. The van der Waals surface area contributed by atoms with Gasteiger partial charge in [0, 0.05) is 24.4 Å². The van der Waals surface area contributed by atoms with Gasteiger partial charge in [-0.15, -0.1) is 0 Å². The van der Waals surface area contributed by atoms with E-state index in [1.807, 2.05) is 11.9 Å². The van der Waals surface area contributed by atoms with Crippen molar-refractivity contribution in [2.75, 3.05) is 50.3 Å². The summed E-state index contributed by atoms with van der Waals surface area (Å²) in [6, 6.07) is 16.5. The van der Waals surface area contributed by atoms with E-state index in [-0.39, 0.29) is 11.3 Å². The first-order valence-corrected chi connectivity index (χ1v) is 12.3. The molecule has 3 aliphatic rings. The third-order valence-corrected chi connectivity index (χ3v) is 6.99. The number of amides is 1. The average Bonchev–Trinajstić information content (AvgIpc) is 3.22. The number of ether oxygens (including phenoxy) is 4. The third-order valence-electron chi connectivity index (χ3n) is 6.99. The predicted octanol–water partition coefficient (Wildman–Crippen LogP) is 3.92. The van der Waals surface area contributed by atoms with Crippen molar-refractivity contribution in [2.45, 2.75) is 6.04 Å². The van der Waals surface area contributed by atoms with Gasteiger partial charge < -0.3 is 29.0 Å². The number of hydrogen-bond acceptors (Lipinski definition) is 8. The molecule has 1 atom stereocenters. The van der Waals surface area contributed by atoms with Gasteiger partial charge in [0.05, 0.1) is 31.0 Å².